The number of aryl methyl sites for hydroxylation is 1. The van der Waals surface area contributed by atoms with Gasteiger partial charge in [-0.25, -0.2) is 0 Å². The molecule has 1 N–H and O–H groups in total. The van der Waals surface area contributed by atoms with Gasteiger partial charge < -0.3 is 10.2 Å². The van der Waals surface area contributed by atoms with Crippen LogP contribution in [-0.4, -0.2) is 52.0 Å². The second-order valence-electron chi connectivity index (χ2n) is 5.56. The molecular formula is C16H21N5O. The molecule has 0 bridgehead atoms. The van der Waals surface area contributed by atoms with Crippen LogP contribution < -0.4 is 5.32 Å². The maximum atomic E-state index is 12.2. The summed E-state index contributed by atoms with van der Waals surface area (Å²) in [6.07, 6.45) is 2.52. The Kier molecular flexibility index (Phi) is 4.48. The topological polar surface area (TPSA) is 63.1 Å². The highest BCUT2D eigenvalue weighted by atomic mass is 16.2. The first-order valence-corrected chi connectivity index (χ1v) is 7.74. The molecule has 1 fully saturated rings. The lowest BCUT2D eigenvalue weighted by molar-refractivity contribution is 0.0943. The number of aromatic nitrogens is 3. The van der Waals surface area contributed by atoms with Crippen molar-refractivity contribution in [1.82, 2.24) is 25.2 Å². The Bertz CT molecular complexity index is 631. The number of likely N-dealkylation sites (tertiary alicyclic amines) is 1. The van der Waals surface area contributed by atoms with E-state index in [4.69, 9.17) is 0 Å². The molecule has 0 radical (unpaired) electrons. The summed E-state index contributed by atoms with van der Waals surface area (Å²) in [7, 11) is 0. The van der Waals surface area contributed by atoms with Gasteiger partial charge in [-0.05, 0) is 45.0 Å². The summed E-state index contributed by atoms with van der Waals surface area (Å²) in [6, 6.07) is 9.60. The fraction of sp³-hybridized carbons (Fsp3) is 0.438. The van der Waals surface area contributed by atoms with Crippen LogP contribution in [0.5, 0.6) is 0 Å². The Morgan fingerprint density at radius 2 is 1.91 bits per heavy atom. The van der Waals surface area contributed by atoms with Gasteiger partial charge in [-0.2, -0.15) is 9.90 Å². The van der Waals surface area contributed by atoms with Crippen molar-refractivity contribution in [1.29, 1.82) is 0 Å². The quantitative estimate of drug-likeness (QED) is 0.906. The average Bonchev–Trinajstić information content (AvgIpc) is 3.17. The van der Waals surface area contributed by atoms with Crippen LogP contribution >= 0.6 is 0 Å². The van der Waals surface area contributed by atoms with Crippen molar-refractivity contribution in [3.63, 3.8) is 0 Å². The lowest BCUT2D eigenvalue weighted by Crippen LogP contribution is -2.34. The lowest BCUT2D eigenvalue weighted by atomic mass is 10.3. The SMILES string of the molecule is Cc1nn(-c2ccccc2)nc1C(=O)NCCN1CCCC1. The van der Waals surface area contributed by atoms with Gasteiger partial charge in [-0.1, -0.05) is 18.2 Å². The van der Waals surface area contributed by atoms with Gasteiger partial charge in [0.2, 0.25) is 0 Å². The fourth-order valence-corrected chi connectivity index (χ4v) is 2.68. The Morgan fingerprint density at radius 3 is 2.64 bits per heavy atom. The van der Waals surface area contributed by atoms with Crippen LogP contribution in [0, 0.1) is 6.92 Å². The molecular weight excluding hydrogens is 278 g/mol. The van der Waals surface area contributed by atoms with E-state index >= 15 is 0 Å². The minimum absolute atomic E-state index is 0.154. The minimum Gasteiger partial charge on any atom is -0.349 e. The number of hydrogen-bond donors (Lipinski definition) is 1. The largest absolute Gasteiger partial charge is 0.349 e. The van der Waals surface area contributed by atoms with Gasteiger partial charge in [-0.15, -0.1) is 5.10 Å². The van der Waals surface area contributed by atoms with Crippen LogP contribution in [0.15, 0.2) is 30.3 Å². The molecule has 1 saturated heterocycles. The van der Waals surface area contributed by atoms with E-state index < -0.39 is 0 Å². The van der Waals surface area contributed by atoms with Crippen LogP contribution in [0.2, 0.25) is 0 Å². The Labute approximate surface area is 130 Å². The molecule has 3 rings (SSSR count). The number of nitrogens with zero attached hydrogens (tertiary/aromatic N) is 4. The van der Waals surface area contributed by atoms with E-state index in [2.05, 4.69) is 20.4 Å². The van der Waals surface area contributed by atoms with Crippen LogP contribution in [-0.2, 0) is 0 Å². The molecule has 1 aromatic heterocycles. The summed E-state index contributed by atoms with van der Waals surface area (Å²) in [4.78, 5) is 16.1. The zero-order valence-corrected chi connectivity index (χ0v) is 12.8. The van der Waals surface area contributed by atoms with Crippen molar-refractivity contribution < 1.29 is 4.79 Å². The maximum absolute atomic E-state index is 12.2. The third-order valence-corrected chi connectivity index (χ3v) is 3.90. The van der Waals surface area contributed by atoms with Crippen LogP contribution in [0.1, 0.15) is 29.0 Å². The normalized spacial score (nSPS) is 15.1. The van der Waals surface area contributed by atoms with Crippen molar-refractivity contribution >= 4 is 5.91 Å². The minimum atomic E-state index is -0.154. The molecule has 1 amide bonds. The van der Waals surface area contributed by atoms with Crippen LogP contribution in [0.25, 0.3) is 5.69 Å². The van der Waals surface area contributed by atoms with Crippen molar-refractivity contribution in [3.05, 3.63) is 41.7 Å². The number of para-hydroxylation sites is 1. The van der Waals surface area contributed by atoms with E-state index in [0.29, 0.717) is 17.9 Å². The zero-order valence-electron chi connectivity index (χ0n) is 12.8. The van der Waals surface area contributed by atoms with Gasteiger partial charge in [0.05, 0.1) is 11.4 Å². The van der Waals surface area contributed by atoms with Crippen molar-refractivity contribution in [2.45, 2.75) is 19.8 Å². The van der Waals surface area contributed by atoms with E-state index in [-0.39, 0.29) is 5.91 Å². The fourth-order valence-electron chi connectivity index (χ4n) is 2.68. The highest BCUT2D eigenvalue weighted by molar-refractivity contribution is 5.93. The van der Waals surface area contributed by atoms with Gasteiger partial charge >= 0.3 is 0 Å². The lowest BCUT2D eigenvalue weighted by Gasteiger charge is -2.14. The molecule has 0 unspecified atom stereocenters. The van der Waals surface area contributed by atoms with Crippen LogP contribution in [0.3, 0.4) is 0 Å². The summed E-state index contributed by atoms with van der Waals surface area (Å²) in [5.41, 5.74) is 1.88. The van der Waals surface area contributed by atoms with Gasteiger partial charge in [-0.3, -0.25) is 4.79 Å². The number of rotatable bonds is 5. The van der Waals surface area contributed by atoms with Crippen LogP contribution in [0.4, 0.5) is 0 Å². The monoisotopic (exact) mass is 299 g/mol. The molecule has 116 valence electrons. The van der Waals surface area contributed by atoms with Gasteiger partial charge in [0, 0.05) is 13.1 Å². The van der Waals surface area contributed by atoms with Gasteiger partial charge in [0.25, 0.3) is 5.91 Å². The first-order chi connectivity index (χ1) is 10.7. The summed E-state index contributed by atoms with van der Waals surface area (Å²) in [5, 5.41) is 11.6. The predicted octanol–water partition coefficient (Wildman–Crippen LogP) is 1.40. The maximum Gasteiger partial charge on any atom is 0.273 e. The van der Waals surface area contributed by atoms with E-state index in [1.807, 2.05) is 37.3 Å². The van der Waals surface area contributed by atoms with Gasteiger partial charge in [0.1, 0.15) is 0 Å². The van der Waals surface area contributed by atoms with E-state index in [1.54, 1.807) is 0 Å². The zero-order chi connectivity index (χ0) is 15.4. The summed E-state index contributed by atoms with van der Waals surface area (Å²) >= 11 is 0. The highest BCUT2D eigenvalue weighted by Crippen LogP contribution is 2.08. The Morgan fingerprint density at radius 1 is 1.18 bits per heavy atom. The summed E-state index contributed by atoms with van der Waals surface area (Å²) in [5.74, 6) is -0.154. The first-order valence-electron chi connectivity index (χ1n) is 7.74. The molecule has 0 aliphatic carbocycles. The molecule has 1 aliphatic heterocycles. The molecule has 6 nitrogen and oxygen atoms in total. The molecule has 22 heavy (non-hydrogen) atoms. The second-order valence-corrected chi connectivity index (χ2v) is 5.56. The number of nitrogens with one attached hydrogen (secondary N) is 1. The Balaban J connectivity index is 1.61. The van der Waals surface area contributed by atoms with E-state index in [1.165, 1.54) is 17.6 Å². The summed E-state index contributed by atoms with van der Waals surface area (Å²) < 4.78 is 0. The third kappa shape index (κ3) is 3.33. The van der Waals surface area contributed by atoms with Crippen molar-refractivity contribution in [3.8, 4) is 5.69 Å². The molecule has 0 saturated carbocycles. The van der Waals surface area contributed by atoms with E-state index in [9.17, 15) is 4.79 Å². The summed E-state index contributed by atoms with van der Waals surface area (Å²) in [6.45, 7) is 5.63. The number of benzene rings is 1. The van der Waals surface area contributed by atoms with Crippen molar-refractivity contribution in [2.75, 3.05) is 26.2 Å². The standard InChI is InChI=1S/C16H21N5O/c1-13-15(16(22)17-9-12-20-10-5-6-11-20)19-21(18-13)14-7-3-2-4-8-14/h2-4,7-8H,5-6,9-12H2,1H3,(H,17,22). The van der Waals surface area contributed by atoms with Crippen molar-refractivity contribution in [2.24, 2.45) is 0 Å². The molecule has 6 heteroatoms. The van der Waals surface area contributed by atoms with Gasteiger partial charge in [0.15, 0.2) is 5.69 Å². The predicted molar refractivity (Wildman–Crippen MR) is 84.1 cm³/mol. The molecule has 0 spiro atoms. The molecule has 0 atom stereocenters. The first kappa shape index (κ1) is 14.7. The number of amides is 1. The molecule has 2 aromatic rings. The number of hydrogen-bond acceptors (Lipinski definition) is 4. The number of carbonyl (C=O) groups excluding carboxylic acids is 1. The molecule has 1 aliphatic rings. The molecule has 1 aromatic carbocycles. The number of carbonyl (C=O) groups is 1. The Hall–Kier alpha value is -2.21. The second kappa shape index (κ2) is 6.70. The smallest absolute Gasteiger partial charge is 0.273 e. The third-order valence-electron chi connectivity index (χ3n) is 3.90. The highest BCUT2D eigenvalue weighted by Gasteiger charge is 2.17. The molecule has 2 heterocycles. The average molecular weight is 299 g/mol. The van der Waals surface area contributed by atoms with E-state index in [0.717, 1.165) is 25.3 Å².